The molecule has 0 aliphatic carbocycles. The number of nitrogens with zero attached hydrogens (tertiary/aromatic N) is 2. The largest absolute Gasteiger partial charge is 0.489 e. The van der Waals surface area contributed by atoms with Gasteiger partial charge in [-0.2, -0.15) is 0 Å². The van der Waals surface area contributed by atoms with Crippen LogP contribution in [0.4, 0.5) is 11.4 Å². The van der Waals surface area contributed by atoms with Crippen LogP contribution in [0.1, 0.15) is 40.5 Å². The Morgan fingerprint density at radius 2 is 1.77 bits per heavy atom. The van der Waals surface area contributed by atoms with Crippen molar-refractivity contribution in [2.75, 3.05) is 37.8 Å². The third kappa shape index (κ3) is 5.09. The molecule has 1 fully saturated rings. The molecule has 0 aromatic heterocycles. The fraction of sp³-hybridized carbons (Fsp3) is 0.667. The summed E-state index contributed by atoms with van der Waals surface area (Å²) in [5, 5.41) is 0. The van der Waals surface area contributed by atoms with E-state index in [0.717, 1.165) is 18.8 Å². The third-order valence-electron chi connectivity index (χ3n) is 3.92. The first kappa shape index (κ1) is 18.6. The molecular weight excluding hydrogens is 274 g/mol. The Hall–Kier alpha value is -1.42. The monoisotopic (exact) mass is 307 g/mol. The van der Waals surface area contributed by atoms with Crippen LogP contribution in [0.2, 0.25) is 0 Å². The standard InChI is InChI=1S/C16H27N3O.C2H6/c1-12(2)20-16-11-14(5-6-15(16)17)19-9-7-13(8-10-19)18(3)4;1-2/h5-6,11-13H,7-10,17H2,1-4H3;1-2H3. The molecule has 1 aromatic carbocycles. The number of rotatable bonds is 4. The molecule has 22 heavy (non-hydrogen) atoms. The first-order valence-corrected chi connectivity index (χ1v) is 8.45. The van der Waals surface area contributed by atoms with Gasteiger partial charge in [-0.05, 0) is 52.9 Å². The van der Waals surface area contributed by atoms with E-state index in [4.69, 9.17) is 10.5 Å². The van der Waals surface area contributed by atoms with Gasteiger partial charge in [0.2, 0.25) is 0 Å². The van der Waals surface area contributed by atoms with Crippen LogP contribution in [0.3, 0.4) is 0 Å². The first-order chi connectivity index (χ1) is 10.5. The van der Waals surface area contributed by atoms with Crippen molar-refractivity contribution in [1.82, 2.24) is 4.90 Å². The van der Waals surface area contributed by atoms with Gasteiger partial charge in [-0.1, -0.05) is 13.8 Å². The molecule has 0 spiro atoms. The summed E-state index contributed by atoms with van der Waals surface area (Å²) in [7, 11) is 4.33. The van der Waals surface area contributed by atoms with Gasteiger partial charge in [0.05, 0.1) is 11.8 Å². The topological polar surface area (TPSA) is 41.7 Å². The van der Waals surface area contributed by atoms with Gasteiger partial charge in [0.15, 0.2) is 0 Å². The highest BCUT2D eigenvalue weighted by molar-refractivity contribution is 5.62. The number of ether oxygens (including phenoxy) is 1. The summed E-state index contributed by atoms with van der Waals surface area (Å²) in [6.07, 6.45) is 2.56. The van der Waals surface area contributed by atoms with E-state index in [1.807, 2.05) is 33.8 Å². The number of anilines is 2. The quantitative estimate of drug-likeness (QED) is 0.863. The summed E-state index contributed by atoms with van der Waals surface area (Å²) in [6, 6.07) is 6.82. The Morgan fingerprint density at radius 1 is 1.18 bits per heavy atom. The second kappa shape index (κ2) is 8.89. The van der Waals surface area contributed by atoms with Crippen LogP contribution in [-0.4, -0.2) is 44.2 Å². The van der Waals surface area contributed by atoms with Crippen molar-refractivity contribution in [3.05, 3.63) is 18.2 Å². The van der Waals surface area contributed by atoms with Crippen LogP contribution in [0.5, 0.6) is 5.75 Å². The summed E-state index contributed by atoms with van der Waals surface area (Å²) < 4.78 is 5.78. The average molecular weight is 307 g/mol. The zero-order valence-electron chi connectivity index (χ0n) is 15.1. The van der Waals surface area contributed by atoms with Crippen molar-refractivity contribution in [2.45, 2.75) is 52.7 Å². The number of hydrogen-bond donors (Lipinski definition) is 1. The Kier molecular flexibility index (Phi) is 7.52. The van der Waals surface area contributed by atoms with Crippen LogP contribution in [-0.2, 0) is 0 Å². The lowest BCUT2D eigenvalue weighted by molar-refractivity contribution is 0.243. The molecule has 2 rings (SSSR count). The summed E-state index contributed by atoms with van der Waals surface area (Å²) >= 11 is 0. The molecule has 0 saturated carbocycles. The highest BCUT2D eigenvalue weighted by atomic mass is 16.5. The van der Waals surface area contributed by atoms with E-state index in [1.165, 1.54) is 18.5 Å². The van der Waals surface area contributed by atoms with E-state index in [2.05, 4.69) is 36.0 Å². The van der Waals surface area contributed by atoms with E-state index in [1.54, 1.807) is 0 Å². The van der Waals surface area contributed by atoms with Gasteiger partial charge in [0, 0.05) is 30.9 Å². The van der Waals surface area contributed by atoms with Crippen molar-refractivity contribution >= 4 is 11.4 Å². The van der Waals surface area contributed by atoms with Gasteiger partial charge >= 0.3 is 0 Å². The highest BCUT2D eigenvalue weighted by Gasteiger charge is 2.21. The van der Waals surface area contributed by atoms with Crippen LogP contribution in [0.15, 0.2) is 18.2 Å². The zero-order valence-corrected chi connectivity index (χ0v) is 15.1. The summed E-state index contributed by atoms with van der Waals surface area (Å²) in [6.45, 7) is 10.2. The predicted octanol–water partition coefficient (Wildman–Crippen LogP) is 3.61. The van der Waals surface area contributed by atoms with Crippen LogP contribution >= 0.6 is 0 Å². The normalized spacial score (nSPS) is 15.7. The van der Waals surface area contributed by atoms with Crippen LogP contribution < -0.4 is 15.4 Å². The van der Waals surface area contributed by atoms with Gasteiger partial charge in [-0.3, -0.25) is 0 Å². The minimum atomic E-state index is 0.145. The Balaban J connectivity index is 0.00000116. The van der Waals surface area contributed by atoms with Crippen LogP contribution in [0.25, 0.3) is 0 Å². The zero-order chi connectivity index (χ0) is 16.7. The van der Waals surface area contributed by atoms with Crippen molar-refractivity contribution in [1.29, 1.82) is 0 Å². The smallest absolute Gasteiger partial charge is 0.144 e. The van der Waals surface area contributed by atoms with Crippen molar-refractivity contribution in [3.63, 3.8) is 0 Å². The number of benzene rings is 1. The van der Waals surface area contributed by atoms with Crippen molar-refractivity contribution in [2.24, 2.45) is 0 Å². The van der Waals surface area contributed by atoms with E-state index < -0.39 is 0 Å². The fourth-order valence-electron chi connectivity index (χ4n) is 2.72. The lowest BCUT2D eigenvalue weighted by Gasteiger charge is -2.36. The molecule has 0 radical (unpaired) electrons. The molecule has 126 valence electrons. The molecule has 1 heterocycles. The molecule has 1 aliphatic heterocycles. The SMILES string of the molecule is CC.CC(C)Oc1cc(N2CCC(N(C)C)CC2)ccc1N. The number of hydrogen-bond acceptors (Lipinski definition) is 4. The average Bonchev–Trinajstić information content (AvgIpc) is 2.51. The van der Waals surface area contributed by atoms with E-state index in [-0.39, 0.29) is 6.10 Å². The lowest BCUT2D eigenvalue weighted by Crippen LogP contribution is -2.42. The van der Waals surface area contributed by atoms with Gasteiger partial charge < -0.3 is 20.3 Å². The van der Waals surface area contributed by atoms with Gasteiger partial charge in [-0.25, -0.2) is 0 Å². The van der Waals surface area contributed by atoms with E-state index in [9.17, 15) is 0 Å². The maximum Gasteiger partial charge on any atom is 0.144 e. The molecule has 0 atom stereocenters. The van der Waals surface area contributed by atoms with Gasteiger partial charge in [-0.15, -0.1) is 0 Å². The molecule has 0 amide bonds. The molecule has 1 aliphatic rings. The minimum absolute atomic E-state index is 0.145. The molecule has 4 nitrogen and oxygen atoms in total. The van der Waals surface area contributed by atoms with Crippen LogP contribution in [0, 0.1) is 0 Å². The van der Waals surface area contributed by atoms with Gasteiger partial charge in [0.1, 0.15) is 5.75 Å². The Labute approximate surface area is 136 Å². The van der Waals surface area contributed by atoms with Crippen molar-refractivity contribution < 1.29 is 4.74 Å². The van der Waals surface area contributed by atoms with E-state index in [0.29, 0.717) is 11.7 Å². The Morgan fingerprint density at radius 3 is 2.27 bits per heavy atom. The molecular formula is C18H33N3O. The Bertz CT molecular complexity index is 438. The molecule has 1 saturated heterocycles. The van der Waals surface area contributed by atoms with Crippen molar-refractivity contribution in [3.8, 4) is 5.75 Å². The highest BCUT2D eigenvalue weighted by Crippen LogP contribution is 2.30. The minimum Gasteiger partial charge on any atom is -0.489 e. The molecule has 2 N–H and O–H groups in total. The fourth-order valence-corrected chi connectivity index (χ4v) is 2.72. The molecule has 0 bridgehead atoms. The number of nitrogens with two attached hydrogens (primary N) is 1. The number of nitrogen functional groups attached to an aromatic ring is 1. The summed E-state index contributed by atoms with van der Waals surface area (Å²) in [4.78, 5) is 4.75. The molecule has 1 aromatic rings. The molecule has 0 unspecified atom stereocenters. The van der Waals surface area contributed by atoms with Gasteiger partial charge in [0.25, 0.3) is 0 Å². The summed E-state index contributed by atoms with van der Waals surface area (Å²) in [5.41, 5.74) is 7.91. The summed E-state index contributed by atoms with van der Waals surface area (Å²) in [5.74, 6) is 0.798. The maximum absolute atomic E-state index is 5.98. The second-order valence-corrected chi connectivity index (χ2v) is 6.07. The predicted molar refractivity (Wildman–Crippen MR) is 96.9 cm³/mol. The lowest BCUT2D eigenvalue weighted by atomic mass is 10.0. The maximum atomic E-state index is 5.98. The molecule has 4 heteroatoms. The third-order valence-corrected chi connectivity index (χ3v) is 3.92. The van der Waals surface area contributed by atoms with E-state index >= 15 is 0 Å². The second-order valence-electron chi connectivity index (χ2n) is 6.07. The number of piperidine rings is 1. The first-order valence-electron chi connectivity index (χ1n) is 8.45.